The molecule has 1 aromatic rings. The summed E-state index contributed by atoms with van der Waals surface area (Å²) in [6.45, 7) is 5.32. The number of methoxy groups -OCH3 is 1. The van der Waals surface area contributed by atoms with Crippen LogP contribution in [0, 0.1) is 13.8 Å². The van der Waals surface area contributed by atoms with Crippen LogP contribution in [0.4, 0.5) is 0 Å². The Morgan fingerprint density at radius 1 is 1.32 bits per heavy atom. The third kappa shape index (κ3) is 4.91. The number of nitrogens with one attached hydrogen (secondary N) is 1. The van der Waals surface area contributed by atoms with Crippen molar-refractivity contribution in [1.82, 2.24) is 5.32 Å². The lowest BCUT2D eigenvalue weighted by molar-refractivity contribution is -0.121. The van der Waals surface area contributed by atoms with Crippen molar-refractivity contribution in [3.05, 3.63) is 28.8 Å². The molecular formula is C15H24N2O2. The van der Waals surface area contributed by atoms with Gasteiger partial charge in [-0.2, -0.15) is 0 Å². The van der Waals surface area contributed by atoms with Gasteiger partial charge in [-0.1, -0.05) is 12.1 Å². The van der Waals surface area contributed by atoms with Crippen LogP contribution in [0.15, 0.2) is 12.1 Å². The highest BCUT2D eigenvalue weighted by Gasteiger charge is 2.07. The van der Waals surface area contributed by atoms with Crippen LogP contribution < -0.4 is 15.8 Å². The van der Waals surface area contributed by atoms with Crippen LogP contribution >= 0.6 is 0 Å². The van der Waals surface area contributed by atoms with Crippen LogP contribution in [-0.2, 0) is 11.2 Å². The van der Waals surface area contributed by atoms with Crippen molar-refractivity contribution < 1.29 is 9.53 Å². The third-order valence-electron chi connectivity index (χ3n) is 3.07. The van der Waals surface area contributed by atoms with Crippen molar-refractivity contribution in [2.45, 2.75) is 33.1 Å². The van der Waals surface area contributed by atoms with Gasteiger partial charge in [0, 0.05) is 13.0 Å². The summed E-state index contributed by atoms with van der Waals surface area (Å²) in [6, 6.07) is 4.16. The Hall–Kier alpha value is -1.55. The summed E-state index contributed by atoms with van der Waals surface area (Å²) in [6.07, 6.45) is 2.09. The number of hydrogen-bond donors (Lipinski definition) is 2. The van der Waals surface area contributed by atoms with Gasteiger partial charge in [-0.3, -0.25) is 4.79 Å². The second-order valence-electron chi connectivity index (χ2n) is 4.76. The van der Waals surface area contributed by atoms with Gasteiger partial charge in [0.1, 0.15) is 5.75 Å². The van der Waals surface area contributed by atoms with E-state index in [0.29, 0.717) is 19.5 Å². The maximum atomic E-state index is 11.6. The molecule has 0 aliphatic rings. The Morgan fingerprint density at radius 2 is 1.95 bits per heavy atom. The van der Waals surface area contributed by atoms with Crippen molar-refractivity contribution in [1.29, 1.82) is 0 Å². The summed E-state index contributed by atoms with van der Waals surface area (Å²) >= 11 is 0. The first kappa shape index (κ1) is 15.5. The topological polar surface area (TPSA) is 64.3 Å². The minimum Gasteiger partial charge on any atom is -0.496 e. The van der Waals surface area contributed by atoms with E-state index in [1.165, 1.54) is 5.56 Å². The number of carbonyl (C=O) groups excluding carboxylic acids is 1. The number of benzene rings is 1. The number of carbonyl (C=O) groups is 1. The number of nitrogens with two attached hydrogens (primary N) is 1. The zero-order valence-corrected chi connectivity index (χ0v) is 12.1. The van der Waals surface area contributed by atoms with Crippen LogP contribution in [0.5, 0.6) is 5.75 Å². The first-order valence-electron chi connectivity index (χ1n) is 6.69. The van der Waals surface area contributed by atoms with Crippen molar-refractivity contribution in [2.24, 2.45) is 5.73 Å². The fourth-order valence-corrected chi connectivity index (χ4v) is 2.18. The predicted octanol–water partition coefficient (Wildman–Crippen LogP) is 1.71. The molecule has 3 N–H and O–H groups in total. The van der Waals surface area contributed by atoms with Crippen molar-refractivity contribution >= 4 is 5.91 Å². The molecule has 0 saturated heterocycles. The summed E-state index contributed by atoms with van der Waals surface area (Å²) in [5.74, 6) is 1.01. The molecule has 106 valence electrons. The van der Waals surface area contributed by atoms with Crippen molar-refractivity contribution in [3.63, 3.8) is 0 Å². The highest BCUT2D eigenvalue weighted by Crippen LogP contribution is 2.24. The molecule has 0 atom stereocenters. The molecule has 0 radical (unpaired) electrons. The fraction of sp³-hybridized carbons (Fsp3) is 0.533. The van der Waals surface area contributed by atoms with Gasteiger partial charge in [0.25, 0.3) is 0 Å². The maximum absolute atomic E-state index is 11.6. The van der Waals surface area contributed by atoms with E-state index in [1.807, 2.05) is 13.8 Å². The second-order valence-corrected chi connectivity index (χ2v) is 4.76. The molecule has 1 amide bonds. The van der Waals surface area contributed by atoms with Crippen LogP contribution in [0.2, 0.25) is 0 Å². The second kappa shape index (κ2) is 7.79. The van der Waals surface area contributed by atoms with E-state index >= 15 is 0 Å². The SMILES string of the molecule is COc1c(C)cc(CCC(=O)NCCCN)cc1C. The normalized spacial score (nSPS) is 10.3. The zero-order valence-electron chi connectivity index (χ0n) is 12.1. The number of ether oxygens (including phenoxy) is 1. The Morgan fingerprint density at radius 3 is 2.47 bits per heavy atom. The minimum absolute atomic E-state index is 0.0829. The zero-order chi connectivity index (χ0) is 14.3. The van der Waals surface area contributed by atoms with E-state index in [0.717, 1.165) is 29.7 Å². The molecule has 1 rings (SSSR count). The molecule has 4 heteroatoms. The van der Waals surface area contributed by atoms with E-state index in [1.54, 1.807) is 7.11 Å². The van der Waals surface area contributed by atoms with Crippen LogP contribution in [0.3, 0.4) is 0 Å². The van der Waals surface area contributed by atoms with Crippen molar-refractivity contribution in [3.8, 4) is 5.75 Å². The van der Waals surface area contributed by atoms with Gasteiger partial charge in [0.2, 0.25) is 5.91 Å². The van der Waals surface area contributed by atoms with E-state index in [-0.39, 0.29) is 5.91 Å². The molecule has 0 spiro atoms. The monoisotopic (exact) mass is 264 g/mol. The quantitative estimate of drug-likeness (QED) is 0.737. The molecule has 0 heterocycles. The highest BCUT2D eigenvalue weighted by molar-refractivity contribution is 5.76. The first-order valence-corrected chi connectivity index (χ1v) is 6.69. The molecule has 0 saturated carbocycles. The minimum atomic E-state index is 0.0829. The molecule has 0 aromatic heterocycles. The number of rotatable bonds is 7. The molecule has 0 unspecified atom stereocenters. The summed E-state index contributed by atoms with van der Waals surface area (Å²) in [5, 5.41) is 2.86. The van der Waals surface area contributed by atoms with Gasteiger partial charge >= 0.3 is 0 Å². The molecule has 4 nitrogen and oxygen atoms in total. The largest absolute Gasteiger partial charge is 0.496 e. The number of aryl methyl sites for hydroxylation is 3. The van der Waals surface area contributed by atoms with Gasteiger partial charge in [0.15, 0.2) is 0 Å². The van der Waals surface area contributed by atoms with Gasteiger partial charge in [-0.25, -0.2) is 0 Å². The van der Waals surface area contributed by atoms with Gasteiger partial charge in [0.05, 0.1) is 7.11 Å². The molecule has 0 aliphatic heterocycles. The van der Waals surface area contributed by atoms with Gasteiger partial charge in [-0.15, -0.1) is 0 Å². The Balaban J connectivity index is 2.52. The molecular weight excluding hydrogens is 240 g/mol. The Bertz CT molecular complexity index is 407. The number of amides is 1. The van der Waals surface area contributed by atoms with Crippen molar-refractivity contribution in [2.75, 3.05) is 20.2 Å². The molecule has 0 bridgehead atoms. The average molecular weight is 264 g/mol. The van der Waals surface area contributed by atoms with E-state index in [4.69, 9.17) is 10.5 Å². The van der Waals surface area contributed by atoms with Crippen LogP contribution in [0.1, 0.15) is 29.5 Å². The molecule has 19 heavy (non-hydrogen) atoms. The van der Waals surface area contributed by atoms with Gasteiger partial charge in [-0.05, 0) is 49.9 Å². The molecule has 1 aromatic carbocycles. The van der Waals surface area contributed by atoms with Crippen LogP contribution in [-0.4, -0.2) is 26.1 Å². The number of hydrogen-bond acceptors (Lipinski definition) is 3. The van der Waals surface area contributed by atoms with E-state index in [9.17, 15) is 4.79 Å². The predicted molar refractivity (Wildman–Crippen MR) is 77.5 cm³/mol. The Labute approximate surface area is 115 Å². The summed E-state index contributed by atoms with van der Waals surface area (Å²) in [7, 11) is 1.68. The highest BCUT2D eigenvalue weighted by atomic mass is 16.5. The molecule has 0 aliphatic carbocycles. The average Bonchev–Trinajstić information content (AvgIpc) is 2.36. The smallest absolute Gasteiger partial charge is 0.220 e. The maximum Gasteiger partial charge on any atom is 0.220 e. The third-order valence-corrected chi connectivity index (χ3v) is 3.07. The van der Waals surface area contributed by atoms with E-state index < -0.39 is 0 Å². The standard InChI is InChI=1S/C15H24N2O2/c1-11-9-13(10-12(2)15(11)19-3)5-6-14(18)17-8-4-7-16/h9-10H,4-8,16H2,1-3H3,(H,17,18). The first-order chi connectivity index (χ1) is 9.08. The Kier molecular flexibility index (Phi) is 6.36. The van der Waals surface area contributed by atoms with Crippen LogP contribution in [0.25, 0.3) is 0 Å². The fourth-order valence-electron chi connectivity index (χ4n) is 2.18. The summed E-state index contributed by atoms with van der Waals surface area (Å²) in [4.78, 5) is 11.6. The lowest BCUT2D eigenvalue weighted by Gasteiger charge is -2.11. The summed E-state index contributed by atoms with van der Waals surface area (Å²) in [5.41, 5.74) is 8.77. The summed E-state index contributed by atoms with van der Waals surface area (Å²) < 4.78 is 5.33. The van der Waals surface area contributed by atoms with Gasteiger partial charge < -0.3 is 15.8 Å². The van der Waals surface area contributed by atoms with E-state index in [2.05, 4.69) is 17.4 Å². The lowest BCUT2D eigenvalue weighted by atomic mass is 10.0. The lowest BCUT2D eigenvalue weighted by Crippen LogP contribution is -2.26. The molecule has 0 fully saturated rings.